The number of ether oxygens (including phenoxy) is 1. The van der Waals surface area contributed by atoms with Gasteiger partial charge in [0.25, 0.3) is 5.91 Å². The molecule has 0 radical (unpaired) electrons. The molecule has 1 atom stereocenters. The molecule has 0 spiro atoms. The number of benzene rings is 1. The molecule has 1 amide bonds. The van der Waals surface area contributed by atoms with Crippen molar-refractivity contribution in [2.24, 2.45) is 0 Å². The number of carbonyl (C=O) groups excluding carboxylic acids is 2. The summed E-state index contributed by atoms with van der Waals surface area (Å²) >= 11 is 0. The van der Waals surface area contributed by atoms with Crippen molar-refractivity contribution in [3.8, 4) is 5.75 Å². The van der Waals surface area contributed by atoms with Crippen LogP contribution >= 0.6 is 0 Å². The van der Waals surface area contributed by atoms with E-state index in [1.807, 2.05) is 0 Å². The van der Waals surface area contributed by atoms with Crippen LogP contribution in [-0.4, -0.2) is 41.8 Å². The van der Waals surface area contributed by atoms with Crippen LogP contribution in [0, 0.1) is 0 Å². The van der Waals surface area contributed by atoms with Crippen LogP contribution in [0.4, 0.5) is 0 Å². The van der Waals surface area contributed by atoms with Crippen LogP contribution in [0.2, 0.25) is 0 Å². The van der Waals surface area contributed by atoms with Crippen LogP contribution < -0.4 is 5.32 Å². The van der Waals surface area contributed by atoms with Gasteiger partial charge >= 0.3 is 5.97 Å². The number of methoxy groups -OCH3 is 1. The maximum absolute atomic E-state index is 11.5. The Kier molecular flexibility index (Phi) is 4.47. The molecular formula is C11H13NO5. The number of amides is 1. The number of rotatable bonds is 4. The number of para-hydroxylation sites is 1. The molecule has 1 aromatic carbocycles. The molecular weight excluding hydrogens is 226 g/mol. The molecule has 0 saturated carbocycles. The summed E-state index contributed by atoms with van der Waals surface area (Å²) in [6.07, 6.45) is -1.42. The molecule has 0 aromatic heterocycles. The Balaban J connectivity index is 2.57. The molecule has 0 bridgehead atoms. The first kappa shape index (κ1) is 13.0. The third-order valence-corrected chi connectivity index (χ3v) is 2.08. The lowest BCUT2D eigenvalue weighted by Crippen LogP contribution is -2.37. The highest BCUT2D eigenvalue weighted by Crippen LogP contribution is 2.14. The highest BCUT2D eigenvalue weighted by atomic mass is 16.5. The lowest BCUT2D eigenvalue weighted by molar-refractivity contribution is -0.149. The molecule has 0 aliphatic carbocycles. The van der Waals surface area contributed by atoms with Crippen LogP contribution in [0.5, 0.6) is 5.75 Å². The zero-order valence-corrected chi connectivity index (χ0v) is 9.21. The number of nitrogens with one attached hydrogen (secondary N) is 1. The summed E-state index contributed by atoms with van der Waals surface area (Å²) in [5, 5.41) is 20.9. The Morgan fingerprint density at radius 3 is 2.65 bits per heavy atom. The molecule has 0 aliphatic heterocycles. The topological polar surface area (TPSA) is 95.9 Å². The minimum atomic E-state index is -1.42. The number of hydrogen-bond acceptors (Lipinski definition) is 5. The Hall–Kier alpha value is -2.08. The summed E-state index contributed by atoms with van der Waals surface area (Å²) in [6.45, 7) is -0.278. The minimum absolute atomic E-state index is 0.0737. The smallest absolute Gasteiger partial charge is 0.336 e. The Labute approximate surface area is 97.8 Å². The van der Waals surface area contributed by atoms with Gasteiger partial charge in [0.1, 0.15) is 5.75 Å². The Morgan fingerprint density at radius 2 is 2.06 bits per heavy atom. The average Bonchev–Trinajstić information content (AvgIpc) is 2.35. The molecule has 0 fully saturated rings. The van der Waals surface area contributed by atoms with E-state index in [4.69, 9.17) is 0 Å². The number of esters is 1. The largest absolute Gasteiger partial charge is 0.507 e. The van der Waals surface area contributed by atoms with Crippen molar-refractivity contribution in [3.63, 3.8) is 0 Å². The fourth-order valence-corrected chi connectivity index (χ4v) is 1.17. The summed E-state index contributed by atoms with van der Waals surface area (Å²) in [5.41, 5.74) is 0.0737. The highest BCUT2D eigenvalue weighted by Gasteiger charge is 2.17. The van der Waals surface area contributed by atoms with Gasteiger partial charge in [-0.2, -0.15) is 0 Å². The third kappa shape index (κ3) is 3.46. The molecule has 1 aromatic rings. The number of carbonyl (C=O) groups is 2. The second-order valence-corrected chi connectivity index (χ2v) is 3.27. The molecule has 6 nitrogen and oxygen atoms in total. The number of aliphatic hydroxyl groups excluding tert-OH is 1. The molecule has 1 unspecified atom stereocenters. The van der Waals surface area contributed by atoms with Crippen molar-refractivity contribution in [1.82, 2.24) is 5.32 Å². The number of aliphatic hydroxyl groups is 1. The molecule has 0 saturated heterocycles. The Bertz CT molecular complexity index is 418. The summed E-state index contributed by atoms with van der Waals surface area (Å²) in [4.78, 5) is 22.4. The van der Waals surface area contributed by atoms with E-state index in [0.29, 0.717) is 0 Å². The summed E-state index contributed by atoms with van der Waals surface area (Å²) in [5.74, 6) is -1.58. The van der Waals surface area contributed by atoms with E-state index in [0.717, 1.165) is 7.11 Å². The highest BCUT2D eigenvalue weighted by molar-refractivity contribution is 5.97. The number of phenols is 1. The lowest BCUT2D eigenvalue weighted by Gasteiger charge is -2.10. The minimum Gasteiger partial charge on any atom is -0.507 e. The maximum Gasteiger partial charge on any atom is 0.336 e. The molecule has 92 valence electrons. The summed E-state index contributed by atoms with van der Waals surface area (Å²) in [7, 11) is 1.14. The van der Waals surface area contributed by atoms with Crippen LogP contribution in [0.15, 0.2) is 24.3 Å². The zero-order chi connectivity index (χ0) is 12.8. The van der Waals surface area contributed by atoms with Gasteiger partial charge in [-0.1, -0.05) is 12.1 Å². The fraction of sp³-hybridized carbons (Fsp3) is 0.273. The van der Waals surface area contributed by atoms with E-state index < -0.39 is 18.0 Å². The zero-order valence-electron chi connectivity index (χ0n) is 9.21. The van der Waals surface area contributed by atoms with E-state index in [1.165, 1.54) is 12.1 Å². The first-order valence-electron chi connectivity index (χ1n) is 4.88. The van der Waals surface area contributed by atoms with E-state index in [1.54, 1.807) is 12.1 Å². The van der Waals surface area contributed by atoms with Crippen molar-refractivity contribution in [3.05, 3.63) is 29.8 Å². The van der Waals surface area contributed by atoms with Crippen molar-refractivity contribution >= 4 is 11.9 Å². The molecule has 6 heteroatoms. The predicted octanol–water partition coefficient (Wildman–Crippen LogP) is -0.344. The van der Waals surface area contributed by atoms with Gasteiger partial charge in [0.2, 0.25) is 0 Å². The molecule has 0 aliphatic rings. The predicted molar refractivity (Wildman–Crippen MR) is 58.5 cm³/mol. The fourth-order valence-electron chi connectivity index (χ4n) is 1.17. The van der Waals surface area contributed by atoms with Gasteiger partial charge in [0, 0.05) is 0 Å². The quantitative estimate of drug-likeness (QED) is 0.624. The van der Waals surface area contributed by atoms with Gasteiger partial charge in [-0.3, -0.25) is 4.79 Å². The van der Waals surface area contributed by atoms with Crippen LogP contribution in [0.25, 0.3) is 0 Å². The van der Waals surface area contributed by atoms with Gasteiger partial charge in [0.05, 0.1) is 19.2 Å². The van der Waals surface area contributed by atoms with Crippen LogP contribution in [0.3, 0.4) is 0 Å². The van der Waals surface area contributed by atoms with Crippen molar-refractivity contribution in [2.75, 3.05) is 13.7 Å². The van der Waals surface area contributed by atoms with E-state index in [2.05, 4.69) is 10.1 Å². The lowest BCUT2D eigenvalue weighted by atomic mass is 10.2. The maximum atomic E-state index is 11.5. The van der Waals surface area contributed by atoms with Crippen LogP contribution in [-0.2, 0) is 9.53 Å². The number of aromatic hydroxyl groups is 1. The average molecular weight is 239 g/mol. The van der Waals surface area contributed by atoms with Crippen molar-refractivity contribution < 1.29 is 24.5 Å². The second kappa shape index (κ2) is 5.86. The second-order valence-electron chi connectivity index (χ2n) is 3.27. The monoisotopic (exact) mass is 239 g/mol. The van der Waals surface area contributed by atoms with Gasteiger partial charge in [-0.15, -0.1) is 0 Å². The molecule has 0 heterocycles. The summed E-state index contributed by atoms with van der Waals surface area (Å²) in [6, 6.07) is 5.96. The molecule has 1 rings (SSSR count). The number of phenolic OH excluding ortho intramolecular Hbond substituents is 1. The van der Waals surface area contributed by atoms with E-state index in [9.17, 15) is 19.8 Å². The normalized spacial score (nSPS) is 11.6. The van der Waals surface area contributed by atoms with Gasteiger partial charge in [0.15, 0.2) is 6.10 Å². The van der Waals surface area contributed by atoms with Gasteiger partial charge < -0.3 is 20.3 Å². The Morgan fingerprint density at radius 1 is 1.41 bits per heavy atom. The van der Waals surface area contributed by atoms with Crippen molar-refractivity contribution in [1.29, 1.82) is 0 Å². The standard InChI is InChI=1S/C11H13NO5/c1-17-11(16)9(14)6-12-10(15)7-4-2-3-5-8(7)13/h2-5,9,13-14H,6H2,1H3,(H,12,15). The first-order chi connectivity index (χ1) is 8.06. The van der Waals surface area contributed by atoms with Crippen molar-refractivity contribution in [2.45, 2.75) is 6.10 Å². The molecule has 3 N–H and O–H groups in total. The molecule has 17 heavy (non-hydrogen) atoms. The SMILES string of the molecule is COC(=O)C(O)CNC(=O)c1ccccc1O. The number of hydrogen-bond donors (Lipinski definition) is 3. The van der Waals surface area contributed by atoms with E-state index in [-0.39, 0.29) is 17.9 Å². The van der Waals surface area contributed by atoms with Gasteiger partial charge in [-0.25, -0.2) is 4.79 Å². The summed E-state index contributed by atoms with van der Waals surface area (Å²) < 4.78 is 4.28. The van der Waals surface area contributed by atoms with E-state index >= 15 is 0 Å². The first-order valence-corrected chi connectivity index (χ1v) is 4.88. The van der Waals surface area contributed by atoms with Gasteiger partial charge in [-0.05, 0) is 12.1 Å². The third-order valence-electron chi connectivity index (χ3n) is 2.08. The van der Waals surface area contributed by atoms with Crippen LogP contribution in [0.1, 0.15) is 10.4 Å².